The van der Waals surface area contributed by atoms with E-state index >= 15 is 0 Å². The smallest absolute Gasteiger partial charge is 0.250 e. The maximum absolute atomic E-state index is 13.3. The summed E-state index contributed by atoms with van der Waals surface area (Å²) in [6.45, 7) is 0.385. The Hall–Kier alpha value is -3.22. The second-order valence-electron chi connectivity index (χ2n) is 5.32. The van der Waals surface area contributed by atoms with Gasteiger partial charge in [-0.05, 0) is 35.9 Å². The van der Waals surface area contributed by atoms with Gasteiger partial charge in [-0.25, -0.2) is 9.07 Å². The molecule has 24 heavy (non-hydrogen) atoms. The van der Waals surface area contributed by atoms with Crippen molar-refractivity contribution in [1.82, 2.24) is 15.0 Å². The van der Waals surface area contributed by atoms with Crippen LogP contribution in [-0.4, -0.2) is 22.1 Å². The quantitative estimate of drug-likeness (QED) is 0.579. The van der Waals surface area contributed by atoms with Crippen LogP contribution in [0.5, 0.6) is 5.75 Å². The second kappa shape index (κ2) is 5.45. The topological polar surface area (TPSA) is 70.2 Å². The van der Waals surface area contributed by atoms with Crippen molar-refractivity contribution in [1.29, 1.82) is 0 Å². The first kappa shape index (κ1) is 14.4. The fraction of sp³-hybridized carbons (Fsp3) is 0.118. The molecule has 0 aliphatic carbocycles. The van der Waals surface area contributed by atoms with E-state index in [1.54, 1.807) is 7.11 Å². The van der Waals surface area contributed by atoms with Crippen molar-refractivity contribution in [2.45, 2.75) is 6.54 Å². The Morgan fingerprint density at radius 1 is 1.21 bits per heavy atom. The van der Waals surface area contributed by atoms with Gasteiger partial charge < -0.3 is 9.15 Å². The standard InChI is InChI=1S/C17H12FN3O3/c1-23-12-5-2-10(3-6-12)9-21-17-15(19-20-21)16(22)13-8-11(18)4-7-14(13)24-17/h2-8H,9H2,1H3. The molecule has 0 spiro atoms. The molecule has 2 aromatic heterocycles. The predicted octanol–water partition coefficient (Wildman–Crippen LogP) is 2.73. The Morgan fingerprint density at radius 3 is 2.75 bits per heavy atom. The maximum Gasteiger partial charge on any atom is 0.250 e. The molecule has 0 amide bonds. The molecule has 0 bridgehead atoms. The molecule has 2 heterocycles. The molecule has 0 aliphatic heterocycles. The van der Waals surface area contributed by atoms with E-state index in [1.165, 1.54) is 16.8 Å². The summed E-state index contributed by atoms with van der Waals surface area (Å²) in [5.74, 6) is 0.251. The normalized spacial score (nSPS) is 11.2. The van der Waals surface area contributed by atoms with Crippen LogP contribution in [0.4, 0.5) is 4.39 Å². The highest BCUT2D eigenvalue weighted by molar-refractivity contribution is 5.86. The second-order valence-corrected chi connectivity index (χ2v) is 5.32. The lowest BCUT2D eigenvalue weighted by molar-refractivity contribution is 0.414. The average molecular weight is 325 g/mol. The van der Waals surface area contributed by atoms with Gasteiger partial charge in [0, 0.05) is 0 Å². The zero-order valence-electron chi connectivity index (χ0n) is 12.7. The highest BCUT2D eigenvalue weighted by atomic mass is 19.1. The molecule has 0 saturated carbocycles. The molecule has 0 unspecified atom stereocenters. The van der Waals surface area contributed by atoms with Gasteiger partial charge in [-0.3, -0.25) is 4.79 Å². The van der Waals surface area contributed by atoms with Crippen molar-refractivity contribution in [2.24, 2.45) is 0 Å². The Labute approximate surface area is 135 Å². The highest BCUT2D eigenvalue weighted by Crippen LogP contribution is 2.19. The van der Waals surface area contributed by atoms with Crippen LogP contribution < -0.4 is 10.2 Å². The van der Waals surface area contributed by atoms with E-state index in [-0.39, 0.29) is 16.6 Å². The maximum atomic E-state index is 13.3. The number of aromatic nitrogens is 3. The number of hydrogen-bond acceptors (Lipinski definition) is 5. The van der Waals surface area contributed by atoms with Crippen LogP contribution in [-0.2, 0) is 6.54 Å². The molecule has 4 aromatic rings. The molecule has 0 aliphatic rings. The molecule has 0 atom stereocenters. The Bertz CT molecular complexity index is 1100. The SMILES string of the molecule is COc1ccc(Cn2nnc3c(=O)c4cc(F)ccc4oc32)cc1. The van der Waals surface area contributed by atoms with Gasteiger partial charge >= 0.3 is 0 Å². The van der Waals surface area contributed by atoms with E-state index in [1.807, 2.05) is 24.3 Å². The molecule has 0 radical (unpaired) electrons. The van der Waals surface area contributed by atoms with E-state index in [2.05, 4.69) is 10.3 Å². The lowest BCUT2D eigenvalue weighted by Crippen LogP contribution is -2.05. The molecule has 4 rings (SSSR count). The van der Waals surface area contributed by atoms with Gasteiger partial charge in [-0.1, -0.05) is 17.3 Å². The van der Waals surface area contributed by atoms with Crippen LogP contribution >= 0.6 is 0 Å². The first-order valence-corrected chi connectivity index (χ1v) is 7.24. The predicted molar refractivity (Wildman–Crippen MR) is 85.6 cm³/mol. The number of benzene rings is 2. The van der Waals surface area contributed by atoms with Crippen molar-refractivity contribution in [3.8, 4) is 5.75 Å². The highest BCUT2D eigenvalue weighted by Gasteiger charge is 2.15. The van der Waals surface area contributed by atoms with Crippen LogP contribution in [0.15, 0.2) is 51.7 Å². The summed E-state index contributed by atoms with van der Waals surface area (Å²) in [6.07, 6.45) is 0. The molecule has 2 aromatic carbocycles. The minimum absolute atomic E-state index is 0.0848. The van der Waals surface area contributed by atoms with Crippen LogP contribution in [0.3, 0.4) is 0 Å². The molecular formula is C17H12FN3O3. The number of ether oxygens (including phenoxy) is 1. The van der Waals surface area contributed by atoms with Crippen molar-refractivity contribution < 1.29 is 13.5 Å². The molecule has 7 heteroatoms. The minimum atomic E-state index is -0.500. The summed E-state index contributed by atoms with van der Waals surface area (Å²) in [4.78, 5) is 12.4. The lowest BCUT2D eigenvalue weighted by atomic mass is 10.2. The van der Waals surface area contributed by atoms with Gasteiger partial charge in [0.15, 0.2) is 5.52 Å². The van der Waals surface area contributed by atoms with Gasteiger partial charge in [0.25, 0.3) is 0 Å². The zero-order valence-corrected chi connectivity index (χ0v) is 12.7. The molecule has 0 saturated heterocycles. The first-order chi connectivity index (χ1) is 11.7. The number of methoxy groups -OCH3 is 1. The summed E-state index contributed by atoms with van der Waals surface area (Å²) >= 11 is 0. The van der Waals surface area contributed by atoms with E-state index in [4.69, 9.17) is 9.15 Å². The van der Waals surface area contributed by atoms with Gasteiger partial charge in [0.2, 0.25) is 11.1 Å². The average Bonchev–Trinajstić information content (AvgIpc) is 2.99. The van der Waals surface area contributed by atoms with Gasteiger partial charge in [0.1, 0.15) is 17.1 Å². The Kier molecular flexibility index (Phi) is 3.26. The van der Waals surface area contributed by atoms with Gasteiger partial charge in [-0.2, -0.15) is 0 Å². The monoisotopic (exact) mass is 325 g/mol. The number of nitrogens with zero attached hydrogens (tertiary/aromatic N) is 3. The summed E-state index contributed by atoms with van der Waals surface area (Å²) in [7, 11) is 1.60. The fourth-order valence-electron chi connectivity index (χ4n) is 2.56. The van der Waals surface area contributed by atoms with Crippen molar-refractivity contribution in [3.63, 3.8) is 0 Å². The van der Waals surface area contributed by atoms with E-state index in [0.29, 0.717) is 12.1 Å². The fourth-order valence-corrected chi connectivity index (χ4v) is 2.56. The van der Waals surface area contributed by atoms with Gasteiger partial charge in [0.05, 0.1) is 19.0 Å². The zero-order chi connectivity index (χ0) is 16.7. The van der Waals surface area contributed by atoms with E-state index < -0.39 is 11.2 Å². The van der Waals surface area contributed by atoms with Crippen molar-refractivity contribution in [2.75, 3.05) is 7.11 Å². The first-order valence-electron chi connectivity index (χ1n) is 7.24. The minimum Gasteiger partial charge on any atom is -0.497 e. The van der Waals surface area contributed by atoms with Crippen molar-refractivity contribution >= 4 is 22.2 Å². The third-order valence-electron chi connectivity index (χ3n) is 3.79. The van der Waals surface area contributed by atoms with E-state index in [9.17, 15) is 9.18 Å². The van der Waals surface area contributed by atoms with Crippen LogP contribution in [0.2, 0.25) is 0 Å². The van der Waals surface area contributed by atoms with Crippen LogP contribution in [0.1, 0.15) is 5.56 Å². The van der Waals surface area contributed by atoms with Crippen LogP contribution in [0.25, 0.3) is 22.2 Å². The van der Waals surface area contributed by atoms with Crippen molar-refractivity contribution in [3.05, 3.63) is 64.1 Å². The lowest BCUT2D eigenvalue weighted by Gasteiger charge is -2.04. The Morgan fingerprint density at radius 2 is 2.00 bits per heavy atom. The number of hydrogen-bond donors (Lipinski definition) is 0. The summed E-state index contributed by atoms with van der Waals surface area (Å²) < 4.78 is 25.7. The summed E-state index contributed by atoms with van der Waals surface area (Å²) in [6, 6.07) is 11.3. The third-order valence-corrected chi connectivity index (χ3v) is 3.79. The summed E-state index contributed by atoms with van der Waals surface area (Å²) in [5, 5.41) is 8.03. The number of rotatable bonds is 3. The number of halogens is 1. The summed E-state index contributed by atoms with van der Waals surface area (Å²) in [5.41, 5.74) is 1.19. The van der Waals surface area contributed by atoms with E-state index in [0.717, 1.165) is 17.4 Å². The molecule has 120 valence electrons. The van der Waals surface area contributed by atoms with Gasteiger partial charge in [-0.15, -0.1) is 5.10 Å². The number of fused-ring (bicyclic) bond motifs is 2. The Balaban J connectivity index is 1.83. The molecular weight excluding hydrogens is 313 g/mol. The molecule has 6 nitrogen and oxygen atoms in total. The largest absolute Gasteiger partial charge is 0.497 e. The molecule has 0 fully saturated rings. The third kappa shape index (κ3) is 2.30. The van der Waals surface area contributed by atoms with Crippen LogP contribution in [0, 0.1) is 5.82 Å². The molecule has 0 N–H and O–H groups in total.